The van der Waals surface area contributed by atoms with Gasteiger partial charge in [0.05, 0.1) is 41.9 Å². The maximum absolute atomic E-state index is 14.4. The summed E-state index contributed by atoms with van der Waals surface area (Å²) in [5.41, 5.74) is 4.08. The monoisotopic (exact) mass is 660 g/mol. The van der Waals surface area contributed by atoms with Gasteiger partial charge in [0.1, 0.15) is 11.9 Å². The number of nitrogens with zero attached hydrogens (tertiary/aromatic N) is 4. The average Bonchev–Trinajstić information content (AvgIpc) is 3.57. The minimum absolute atomic E-state index is 0.113. The molecule has 2 saturated carbocycles. The zero-order valence-corrected chi connectivity index (χ0v) is 28.9. The largest absolute Gasteiger partial charge is 0.495 e. The van der Waals surface area contributed by atoms with Gasteiger partial charge in [-0.05, 0) is 94.0 Å². The fourth-order valence-corrected chi connectivity index (χ4v) is 8.13. The lowest BCUT2D eigenvalue weighted by Crippen LogP contribution is -2.54. The van der Waals surface area contributed by atoms with Crippen LogP contribution in [-0.2, 0) is 9.53 Å². The molecular formula is C37H48N4O5S. The van der Waals surface area contributed by atoms with E-state index in [0.29, 0.717) is 63.1 Å². The van der Waals surface area contributed by atoms with Crippen molar-refractivity contribution in [1.29, 1.82) is 0 Å². The highest BCUT2D eigenvalue weighted by Gasteiger charge is 2.36. The Bertz CT molecular complexity index is 1540. The van der Waals surface area contributed by atoms with Gasteiger partial charge in [0.15, 0.2) is 0 Å². The molecule has 2 aliphatic carbocycles. The van der Waals surface area contributed by atoms with Crippen molar-refractivity contribution in [3.05, 3.63) is 59.0 Å². The first-order valence-corrected chi connectivity index (χ1v) is 18.0. The lowest BCUT2D eigenvalue weighted by molar-refractivity contribution is -0.124. The second-order valence-corrected chi connectivity index (χ2v) is 14.9. The molecule has 1 aliphatic heterocycles. The van der Waals surface area contributed by atoms with Gasteiger partial charge in [-0.3, -0.25) is 9.78 Å². The zero-order valence-electron chi connectivity index (χ0n) is 28.1. The number of carbonyl (C=O) groups is 2. The van der Waals surface area contributed by atoms with Crippen molar-refractivity contribution < 1.29 is 24.2 Å². The highest BCUT2D eigenvalue weighted by atomic mass is 32.1. The fourth-order valence-electron chi connectivity index (χ4n) is 7.22. The third-order valence-electron chi connectivity index (χ3n) is 10.1. The normalized spacial score (nSPS) is 23.3. The quantitative estimate of drug-likeness (QED) is 0.256. The number of pyridine rings is 1. The highest BCUT2D eigenvalue weighted by molar-refractivity contribution is 7.15. The Morgan fingerprint density at radius 3 is 2.43 bits per heavy atom. The molecule has 9 nitrogen and oxygen atoms in total. The SMILES string of the molecule is COc1ccc([C@H]2CC[C@H](CN(c3cccc(-c4cnc(C(C)C)s4)c3)C(=O)[C@H]3CC[C@H](OC(=O)N4CC(O)C4)CC3)CC2)nc1C. The van der Waals surface area contributed by atoms with E-state index in [0.717, 1.165) is 64.0 Å². The number of aryl methyl sites for hydroxylation is 1. The van der Waals surface area contributed by atoms with Crippen LogP contribution in [0.25, 0.3) is 10.4 Å². The van der Waals surface area contributed by atoms with E-state index >= 15 is 0 Å². The van der Waals surface area contributed by atoms with Crippen LogP contribution >= 0.6 is 11.3 Å². The van der Waals surface area contributed by atoms with Crippen LogP contribution in [0.1, 0.15) is 93.4 Å². The van der Waals surface area contributed by atoms with Crippen molar-refractivity contribution in [3.63, 3.8) is 0 Å². The molecule has 0 bridgehead atoms. The summed E-state index contributed by atoms with van der Waals surface area (Å²) in [5.74, 6) is 2.06. The Kier molecular flexibility index (Phi) is 10.5. The minimum atomic E-state index is -0.452. The molecule has 0 atom stereocenters. The van der Waals surface area contributed by atoms with Gasteiger partial charge in [-0.15, -0.1) is 11.3 Å². The standard InChI is InChI=1S/C37H48N4O5S/c1-23(2)35-38-19-34(47-35)28-6-5-7-29(18-28)41(20-25-8-10-26(11-9-25)32-16-17-33(45-4)24(3)39-32)36(43)27-12-14-31(15-13-27)46-37(44)40-21-30(42)22-40/h5-7,16-19,23,25-27,30-31,42H,8-15,20-22H2,1-4H3/t25-,26-,27-,31-. The van der Waals surface area contributed by atoms with Crippen LogP contribution in [0.4, 0.5) is 10.5 Å². The van der Waals surface area contributed by atoms with Gasteiger partial charge in [0.2, 0.25) is 5.91 Å². The number of likely N-dealkylation sites (tertiary alicyclic amines) is 1. The van der Waals surface area contributed by atoms with Crippen LogP contribution in [0.5, 0.6) is 5.75 Å². The number of hydrogen-bond acceptors (Lipinski definition) is 8. The van der Waals surface area contributed by atoms with Crippen molar-refractivity contribution in [3.8, 4) is 16.2 Å². The lowest BCUT2D eigenvalue weighted by Gasteiger charge is -2.38. The number of β-amino-alcohol motifs (C(OH)–C–C–N with tert-alkyl or cyclic N) is 1. The number of aliphatic hydroxyl groups excluding tert-OH is 1. The van der Waals surface area contributed by atoms with E-state index in [9.17, 15) is 14.7 Å². The molecule has 6 rings (SSSR count). The van der Waals surface area contributed by atoms with E-state index in [1.54, 1.807) is 18.4 Å². The number of ether oxygens (including phenoxy) is 2. The van der Waals surface area contributed by atoms with E-state index in [1.165, 1.54) is 4.90 Å². The number of amides is 2. The third-order valence-corrected chi connectivity index (χ3v) is 11.5. The van der Waals surface area contributed by atoms with Gasteiger partial charge >= 0.3 is 6.09 Å². The Morgan fingerprint density at radius 1 is 1.04 bits per heavy atom. The number of benzene rings is 1. The van der Waals surface area contributed by atoms with Crippen LogP contribution in [0.15, 0.2) is 42.6 Å². The van der Waals surface area contributed by atoms with Gasteiger partial charge in [-0.2, -0.15) is 0 Å². The smallest absolute Gasteiger partial charge is 0.410 e. The summed E-state index contributed by atoms with van der Waals surface area (Å²) < 4.78 is 11.1. The van der Waals surface area contributed by atoms with Gasteiger partial charge in [0, 0.05) is 41.9 Å². The fraction of sp³-hybridized carbons (Fsp3) is 0.568. The molecule has 47 heavy (non-hydrogen) atoms. The topological polar surface area (TPSA) is 105 Å². The molecule has 1 N–H and O–H groups in total. The lowest BCUT2D eigenvalue weighted by atomic mass is 9.79. The second kappa shape index (κ2) is 14.7. The van der Waals surface area contributed by atoms with Crippen molar-refractivity contribution in [2.75, 3.05) is 31.6 Å². The van der Waals surface area contributed by atoms with Crippen LogP contribution in [0.3, 0.4) is 0 Å². The van der Waals surface area contributed by atoms with Crippen molar-refractivity contribution >= 4 is 29.0 Å². The van der Waals surface area contributed by atoms with Gasteiger partial charge in [-0.1, -0.05) is 26.0 Å². The first kappa shape index (κ1) is 33.4. The van der Waals surface area contributed by atoms with Crippen LogP contribution in [0.2, 0.25) is 0 Å². The Hall–Kier alpha value is -3.50. The average molecular weight is 661 g/mol. The molecule has 2 amide bonds. The van der Waals surface area contributed by atoms with E-state index in [1.807, 2.05) is 24.1 Å². The van der Waals surface area contributed by atoms with E-state index in [2.05, 4.69) is 49.2 Å². The molecule has 3 fully saturated rings. The molecule has 3 aliphatic rings. The number of carbonyl (C=O) groups excluding carboxylic acids is 2. The second-order valence-electron chi connectivity index (χ2n) is 13.9. The molecule has 3 aromatic rings. The third kappa shape index (κ3) is 7.81. The van der Waals surface area contributed by atoms with E-state index < -0.39 is 6.10 Å². The van der Waals surface area contributed by atoms with E-state index in [-0.39, 0.29) is 24.0 Å². The Balaban J connectivity index is 1.15. The van der Waals surface area contributed by atoms with Crippen molar-refractivity contribution in [2.24, 2.45) is 11.8 Å². The number of thiazole rings is 1. The summed E-state index contributed by atoms with van der Waals surface area (Å²) in [7, 11) is 1.68. The molecule has 0 spiro atoms. The van der Waals surface area contributed by atoms with Gasteiger partial charge in [-0.25, -0.2) is 9.78 Å². The molecular weight excluding hydrogens is 612 g/mol. The van der Waals surface area contributed by atoms with E-state index in [4.69, 9.17) is 14.5 Å². The van der Waals surface area contributed by atoms with Gasteiger partial charge < -0.3 is 24.4 Å². The molecule has 2 aromatic heterocycles. The summed E-state index contributed by atoms with van der Waals surface area (Å²) in [6, 6.07) is 12.5. The Morgan fingerprint density at radius 2 is 1.79 bits per heavy atom. The van der Waals surface area contributed by atoms with Crippen LogP contribution in [-0.4, -0.2) is 70.9 Å². The number of aromatic nitrogens is 2. The molecule has 1 saturated heterocycles. The van der Waals surface area contributed by atoms with Gasteiger partial charge in [0.25, 0.3) is 0 Å². The zero-order chi connectivity index (χ0) is 33.1. The number of hydrogen-bond donors (Lipinski definition) is 1. The minimum Gasteiger partial charge on any atom is -0.495 e. The molecule has 3 heterocycles. The first-order valence-electron chi connectivity index (χ1n) is 17.2. The maximum atomic E-state index is 14.4. The molecule has 0 radical (unpaired) electrons. The number of aliphatic hydroxyl groups is 1. The molecule has 1 aromatic carbocycles. The number of methoxy groups -OCH3 is 1. The summed E-state index contributed by atoms with van der Waals surface area (Å²) >= 11 is 1.71. The number of rotatable bonds is 9. The predicted molar refractivity (Wildman–Crippen MR) is 184 cm³/mol. The maximum Gasteiger partial charge on any atom is 0.410 e. The summed E-state index contributed by atoms with van der Waals surface area (Å²) in [6.07, 6.45) is 7.87. The number of anilines is 1. The molecule has 252 valence electrons. The summed E-state index contributed by atoms with van der Waals surface area (Å²) in [6.45, 7) is 7.67. The summed E-state index contributed by atoms with van der Waals surface area (Å²) in [5, 5.41) is 10.6. The molecule has 0 unspecified atom stereocenters. The highest BCUT2D eigenvalue weighted by Crippen LogP contribution is 2.39. The van der Waals surface area contributed by atoms with Crippen molar-refractivity contribution in [1.82, 2.24) is 14.9 Å². The van der Waals surface area contributed by atoms with Crippen LogP contribution < -0.4 is 9.64 Å². The first-order chi connectivity index (χ1) is 22.7. The molecule has 10 heteroatoms. The predicted octanol–water partition coefficient (Wildman–Crippen LogP) is 7.32. The van der Waals surface area contributed by atoms with Crippen molar-refractivity contribution in [2.45, 2.75) is 96.2 Å². The van der Waals surface area contributed by atoms with Crippen LogP contribution in [0, 0.1) is 18.8 Å². The summed E-state index contributed by atoms with van der Waals surface area (Å²) in [4.78, 5) is 41.0. The Labute approximate surface area is 282 Å².